The monoisotopic (exact) mass is 197 g/mol. The fraction of sp³-hybridized carbons (Fsp3) is 0.600. The summed E-state index contributed by atoms with van der Waals surface area (Å²) in [5.74, 6) is -1.16. The highest BCUT2D eigenvalue weighted by molar-refractivity contribution is 6.01. The van der Waals surface area contributed by atoms with Crippen molar-refractivity contribution in [2.24, 2.45) is 0 Å². The second-order valence-electron chi connectivity index (χ2n) is 3.55. The minimum atomic E-state index is -1.02. The van der Waals surface area contributed by atoms with Crippen molar-refractivity contribution < 1.29 is 14.7 Å². The molecule has 1 fully saturated rings. The van der Waals surface area contributed by atoms with Gasteiger partial charge in [0.05, 0.1) is 0 Å². The number of hydrogen-bond donors (Lipinski definition) is 1. The third-order valence-corrected chi connectivity index (χ3v) is 2.60. The predicted molar refractivity (Wildman–Crippen MR) is 51.8 cm³/mol. The Bertz CT molecular complexity index is 288. The lowest BCUT2D eigenvalue weighted by Crippen LogP contribution is -2.29. The van der Waals surface area contributed by atoms with E-state index in [9.17, 15) is 9.59 Å². The molecule has 0 aromatic heterocycles. The van der Waals surface area contributed by atoms with Crippen LogP contribution in [-0.4, -0.2) is 35.0 Å². The van der Waals surface area contributed by atoms with E-state index in [1.54, 1.807) is 11.8 Å². The van der Waals surface area contributed by atoms with E-state index in [1.807, 2.05) is 0 Å². The van der Waals surface area contributed by atoms with Gasteiger partial charge in [-0.2, -0.15) is 0 Å². The average molecular weight is 197 g/mol. The summed E-state index contributed by atoms with van der Waals surface area (Å²) in [5, 5.41) is 8.72. The number of aliphatic carboxylic acids is 1. The molecule has 0 spiro atoms. The first-order chi connectivity index (χ1) is 6.54. The van der Waals surface area contributed by atoms with Gasteiger partial charge < -0.3 is 10.0 Å². The van der Waals surface area contributed by atoms with Crippen molar-refractivity contribution in [1.82, 2.24) is 4.90 Å². The van der Waals surface area contributed by atoms with Gasteiger partial charge in [-0.3, -0.25) is 4.79 Å². The first-order valence-electron chi connectivity index (χ1n) is 4.74. The van der Waals surface area contributed by atoms with E-state index >= 15 is 0 Å². The third kappa shape index (κ3) is 2.13. The third-order valence-electron chi connectivity index (χ3n) is 2.60. The van der Waals surface area contributed by atoms with Crippen LogP contribution in [0.1, 0.15) is 26.7 Å². The normalized spacial score (nSPS) is 18.0. The van der Waals surface area contributed by atoms with Crippen molar-refractivity contribution in [3.8, 4) is 0 Å². The Balaban J connectivity index is 2.77. The fourth-order valence-electron chi connectivity index (χ4n) is 1.48. The maximum absolute atomic E-state index is 11.7. The largest absolute Gasteiger partial charge is 0.478 e. The van der Waals surface area contributed by atoms with Crippen molar-refractivity contribution in [3.63, 3.8) is 0 Å². The highest BCUT2D eigenvalue weighted by atomic mass is 16.4. The Morgan fingerprint density at radius 1 is 1.07 bits per heavy atom. The number of carboxylic acid groups (broad SMARTS) is 1. The molecular weight excluding hydrogens is 182 g/mol. The van der Waals surface area contributed by atoms with Crippen LogP contribution in [0.4, 0.5) is 0 Å². The van der Waals surface area contributed by atoms with Gasteiger partial charge in [-0.15, -0.1) is 0 Å². The van der Waals surface area contributed by atoms with Crippen LogP contribution in [0.2, 0.25) is 0 Å². The molecule has 0 aromatic rings. The number of hydrogen-bond acceptors (Lipinski definition) is 2. The molecule has 1 saturated heterocycles. The molecule has 14 heavy (non-hydrogen) atoms. The second-order valence-corrected chi connectivity index (χ2v) is 3.55. The Morgan fingerprint density at radius 2 is 1.57 bits per heavy atom. The molecule has 0 unspecified atom stereocenters. The molecule has 0 aromatic carbocycles. The molecule has 78 valence electrons. The number of carbonyl (C=O) groups excluding carboxylic acids is 1. The molecule has 0 aliphatic carbocycles. The lowest BCUT2D eigenvalue weighted by Gasteiger charge is -2.16. The summed E-state index contributed by atoms with van der Waals surface area (Å²) in [6.45, 7) is 4.54. The molecule has 1 amide bonds. The Morgan fingerprint density at radius 3 is 2.00 bits per heavy atom. The van der Waals surface area contributed by atoms with Crippen LogP contribution in [-0.2, 0) is 9.59 Å². The van der Waals surface area contributed by atoms with Gasteiger partial charge in [-0.25, -0.2) is 4.79 Å². The number of amides is 1. The van der Waals surface area contributed by atoms with Gasteiger partial charge in [0.2, 0.25) is 5.91 Å². The summed E-state index contributed by atoms with van der Waals surface area (Å²) in [6, 6.07) is 0. The topological polar surface area (TPSA) is 57.6 Å². The predicted octanol–water partition coefficient (Wildman–Crippen LogP) is 1.03. The van der Waals surface area contributed by atoms with Crippen molar-refractivity contribution in [1.29, 1.82) is 0 Å². The van der Waals surface area contributed by atoms with Crippen LogP contribution in [0.15, 0.2) is 11.1 Å². The summed E-state index contributed by atoms with van der Waals surface area (Å²) in [6.07, 6.45) is 2.04. The van der Waals surface area contributed by atoms with E-state index < -0.39 is 5.97 Å². The molecule has 1 N–H and O–H groups in total. The molecule has 1 heterocycles. The summed E-state index contributed by atoms with van der Waals surface area (Å²) in [5.41, 5.74) is 0.487. The van der Waals surface area contributed by atoms with E-state index in [1.165, 1.54) is 6.92 Å². The van der Waals surface area contributed by atoms with Crippen molar-refractivity contribution >= 4 is 11.9 Å². The van der Waals surface area contributed by atoms with Crippen molar-refractivity contribution in [2.45, 2.75) is 26.7 Å². The number of likely N-dealkylation sites (tertiary alicyclic amines) is 1. The molecule has 1 aliphatic rings. The molecule has 0 bridgehead atoms. The van der Waals surface area contributed by atoms with Crippen LogP contribution in [0, 0.1) is 0 Å². The van der Waals surface area contributed by atoms with Crippen LogP contribution in [0.3, 0.4) is 0 Å². The molecule has 0 radical (unpaired) electrons. The number of rotatable bonds is 2. The average Bonchev–Trinajstić information content (AvgIpc) is 2.67. The van der Waals surface area contributed by atoms with Crippen LogP contribution >= 0.6 is 0 Å². The highest BCUT2D eigenvalue weighted by Crippen LogP contribution is 2.13. The van der Waals surface area contributed by atoms with Crippen molar-refractivity contribution in [3.05, 3.63) is 11.1 Å². The Labute approximate surface area is 83.2 Å². The fourth-order valence-corrected chi connectivity index (χ4v) is 1.48. The quantitative estimate of drug-likeness (QED) is 0.672. The van der Waals surface area contributed by atoms with Gasteiger partial charge in [0.25, 0.3) is 0 Å². The van der Waals surface area contributed by atoms with E-state index in [0.717, 1.165) is 25.9 Å². The van der Waals surface area contributed by atoms with Crippen LogP contribution in [0.25, 0.3) is 0 Å². The number of nitrogens with zero attached hydrogens (tertiary/aromatic N) is 1. The number of carboxylic acids is 1. The number of carbonyl (C=O) groups is 2. The van der Waals surface area contributed by atoms with Crippen molar-refractivity contribution in [2.75, 3.05) is 13.1 Å². The van der Waals surface area contributed by atoms with Gasteiger partial charge >= 0.3 is 5.97 Å². The molecule has 1 rings (SSSR count). The van der Waals surface area contributed by atoms with Gasteiger partial charge in [0.15, 0.2) is 0 Å². The standard InChI is InChI=1S/C10H15NO3/c1-7(8(2)10(13)14)9(12)11-5-3-4-6-11/h3-6H2,1-2H3,(H,13,14)/b8-7-. The molecule has 1 aliphatic heterocycles. The zero-order valence-electron chi connectivity index (χ0n) is 8.54. The summed E-state index contributed by atoms with van der Waals surface area (Å²) in [4.78, 5) is 24.0. The molecule has 4 heteroatoms. The van der Waals surface area contributed by atoms with E-state index in [0.29, 0.717) is 5.57 Å². The zero-order chi connectivity index (χ0) is 10.7. The van der Waals surface area contributed by atoms with E-state index in [2.05, 4.69) is 0 Å². The van der Waals surface area contributed by atoms with Gasteiger partial charge in [-0.1, -0.05) is 0 Å². The van der Waals surface area contributed by atoms with Gasteiger partial charge in [0, 0.05) is 24.2 Å². The summed E-state index contributed by atoms with van der Waals surface area (Å²) >= 11 is 0. The molecular formula is C10H15NO3. The summed E-state index contributed by atoms with van der Waals surface area (Å²) < 4.78 is 0. The molecule has 4 nitrogen and oxygen atoms in total. The SMILES string of the molecule is C/C(C(=O)O)=C(\C)C(=O)N1CCCC1. The van der Waals surface area contributed by atoms with E-state index in [-0.39, 0.29) is 11.5 Å². The second kappa shape index (κ2) is 4.26. The summed E-state index contributed by atoms with van der Waals surface area (Å²) in [7, 11) is 0. The Hall–Kier alpha value is -1.32. The Kier molecular flexibility index (Phi) is 3.28. The van der Waals surface area contributed by atoms with Crippen LogP contribution in [0.5, 0.6) is 0 Å². The molecule has 0 saturated carbocycles. The van der Waals surface area contributed by atoms with Crippen LogP contribution < -0.4 is 0 Å². The lowest BCUT2D eigenvalue weighted by molar-refractivity contribution is -0.133. The highest BCUT2D eigenvalue weighted by Gasteiger charge is 2.21. The smallest absolute Gasteiger partial charge is 0.331 e. The maximum atomic E-state index is 11.7. The van der Waals surface area contributed by atoms with Gasteiger partial charge in [0.1, 0.15) is 0 Å². The van der Waals surface area contributed by atoms with Gasteiger partial charge in [-0.05, 0) is 26.7 Å². The maximum Gasteiger partial charge on any atom is 0.331 e. The zero-order valence-corrected chi connectivity index (χ0v) is 8.54. The first-order valence-corrected chi connectivity index (χ1v) is 4.74. The minimum Gasteiger partial charge on any atom is -0.478 e. The minimum absolute atomic E-state index is 0.137. The first kappa shape index (κ1) is 10.8. The lowest BCUT2D eigenvalue weighted by atomic mass is 10.1. The molecule has 0 atom stereocenters. The van der Waals surface area contributed by atoms with E-state index in [4.69, 9.17) is 5.11 Å².